The minimum Gasteiger partial charge on any atom is -0.329 e. The Kier molecular flexibility index (Phi) is 5.82. The fourth-order valence-electron chi connectivity index (χ4n) is 3.20. The summed E-state index contributed by atoms with van der Waals surface area (Å²) in [5.74, 6) is 0. The summed E-state index contributed by atoms with van der Waals surface area (Å²) in [4.78, 5) is 2.46. The average molecular weight is 292 g/mol. The van der Waals surface area contributed by atoms with Gasteiger partial charge in [0.2, 0.25) is 0 Å². The second kappa shape index (κ2) is 7.41. The van der Waals surface area contributed by atoms with Crippen LogP contribution in [0.25, 0.3) is 0 Å². The summed E-state index contributed by atoms with van der Waals surface area (Å²) in [6, 6.07) is 2.80. The van der Waals surface area contributed by atoms with Crippen LogP contribution >= 0.6 is 0 Å². The van der Waals surface area contributed by atoms with Crippen molar-refractivity contribution in [2.24, 2.45) is 5.73 Å². The van der Waals surface area contributed by atoms with Gasteiger partial charge in [-0.25, -0.2) is 0 Å². The predicted octanol–water partition coefficient (Wildman–Crippen LogP) is 3.34. The van der Waals surface area contributed by atoms with E-state index < -0.39 is 0 Å². The Hall–Kier alpha value is -0.870. The van der Waals surface area contributed by atoms with Crippen molar-refractivity contribution >= 4 is 0 Å². The third-order valence-electron chi connectivity index (χ3n) is 4.81. The Morgan fingerprint density at radius 3 is 2.67 bits per heavy atom. The summed E-state index contributed by atoms with van der Waals surface area (Å²) in [5, 5.41) is 4.84. The highest BCUT2D eigenvalue weighted by atomic mass is 15.3. The summed E-state index contributed by atoms with van der Waals surface area (Å²) < 4.78 is 2.20. The summed E-state index contributed by atoms with van der Waals surface area (Å²) in [5.41, 5.74) is 7.15. The third-order valence-corrected chi connectivity index (χ3v) is 4.81. The van der Waals surface area contributed by atoms with Crippen LogP contribution in [-0.4, -0.2) is 33.3 Å². The maximum atomic E-state index is 5.95. The van der Waals surface area contributed by atoms with Gasteiger partial charge in [0.25, 0.3) is 0 Å². The Labute approximate surface area is 129 Å². The van der Waals surface area contributed by atoms with Crippen LogP contribution in [0.5, 0.6) is 0 Å². The molecule has 0 radical (unpaired) electrons. The van der Waals surface area contributed by atoms with Gasteiger partial charge in [-0.3, -0.25) is 9.58 Å². The largest absolute Gasteiger partial charge is 0.329 e. The van der Waals surface area contributed by atoms with Gasteiger partial charge in [0, 0.05) is 24.8 Å². The lowest BCUT2D eigenvalue weighted by atomic mass is 9.96. The molecule has 0 saturated heterocycles. The van der Waals surface area contributed by atoms with E-state index in [0.717, 1.165) is 19.5 Å². The summed E-state index contributed by atoms with van der Waals surface area (Å²) in [7, 11) is 0. The van der Waals surface area contributed by atoms with Crippen LogP contribution in [-0.2, 0) is 6.54 Å². The van der Waals surface area contributed by atoms with Crippen LogP contribution in [0.1, 0.15) is 71.0 Å². The molecule has 1 fully saturated rings. The Balaban J connectivity index is 2.02. The normalized spacial score (nSPS) is 17.6. The Morgan fingerprint density at radius 2 is 2.05 bits per heavy atom. The lowest BCUT2D eigenvalue weighted by molar-refractivity contribution is 0.116. The molecule has 4 heteroatoms. The number of hydrogen-bond donors (Lipinski definition) is 1. The zero-order chi connectivity index (χ0) is 15.3. The SMILES string of the molecule is CCCN(Cc1ccn(C2CCCCC2)n1)C(C)(C)CN. The molecule has 0 amide bonds. The van der Waals surface area contributed by atoms with Crippen molar-refractivity contribution in [2.75, 3.05) is 13.1 Å². The van der Waals surface area contributed by atoms with Gasteiger partial charge in [-0.05, 0) is 45.7 Å². The molecular formula is C17H32N4. The minimum absolute atomic E-state index is 0.0324. The molecule has 1 aliphatic carbocycles. The molecule has 0 spiro atoms. The van der Waals surface area contributed by atoms with E-state index in [2.05, 4.69) is 42.6 Å². The summed E-state index contributed by atoms with van der Waals surface area (Å²) in [6.45, 7) is 9.32. The second-order valence-corrected chi connectivity index (χ2v) is 7.02. The van der Waals surface area contributed by atoms with Crippen molar-refractivity contribution in [3.8, 4) is 0 Å². The lowest BCUT2D eigenvalue weighted by Gasteiger charge is -2.37. The van der Waals surface area contributed by atoms with E-state index in [4.69, 9.17) is 10.8 Å². The molecule has 1 aromatic heterocycles. The fraction of sp³-hybridized carbons (Fsp3) is 0.824. The summed E-state index contributed by atoms with van der Waals surface area (Å²) >= 11 is 0. The molecule has 120 valence electrons. The van der Waals surface area contributed by atoms with Gasteiger partial charge in [0.05, 0.1) is 11.7 Å². The lowest BCUT2D eigenvalue weighted by Crippen LogP contribution is -2.49. The number of aromatic nitrogens is 2. The highest BCUT2D eigenvalue weighted by Crippen LogP contribution is 2.27. The standard InChI is InChI=1S/C17H32N4/c1-4-11-20(17(2,3)14-18)13-15-10-12-21(19-15)16-8-6-5-7-9-16/h10,12,16H,4-9,11,13-14,18H2,1-3H3. The number of nitrogens with zero attached hydrogens (tertiary/aromatic N) is 3. The number of hydrogen-bond acceptors (Lipinski definition) is 3. The van der Waals surface area contributed by atoms with E-state index in [0.29, 0.717) is 12.6 Å². The first-order valence-corrected chi connectivity index (χ1v) is 8.56. The molecule has 2 rings (SSSR count). The van der Waals surface area contributed by atoms with Crippen LogP contribution in [0.15, 0.2) is 12.3 Å². The second-order valence-electron chi connectivity index (χ2n) is 7.02. The maximum absolute atomic E-state index is 5.95. The first-order valence-electron chi connectivity index (χ1n) is 8.56. The predicted molar refractivity (Wildman–Crippen MR) is 88.2 cm³/mol. The Bertz CT molecular complexity index is 418. The maximum Gasteiger partial charge on any atom is 0.0765 e. The van der Waals surface area contributed by atoms with E-state index in [1.807, 2.05) is 0 Å². The molecular weight excluding hydrogens is 260 g/mol. The van der Waals surface area contributed by atoms with Crippen LogP contribution in [0, 0.1) is 0 Å². The van der Waals surface area contributed by atoms with E-state index in [9.17, 15) is 0 Å². The highest BCUT2D eigenvalue weighted by molar-refractivity contribution is 5.01. The van der Waals surface area contributed by atoms with Crippen molar-refractivity contribution in [1.29, 1.82) is 0 Å². The third kappa shape index (κ3) is 4.30. The first-order chi connectivity index (χ1) is 10.1. The zero-order valence-electron chi connectivity index (χ0n) is 14.0. The molecule has 1 saturated carbocycles. The number of rotatable bonds is 7. The molecule has 1 aromatic rings. The molecule has 0 unspecified atom stereocenters. The molecule has 1 heterocycles. The van der Waals surface area contributed by atoms with E-state index in [1.165, 1.54) is 37.8 Å². The van der Waals surface area contributed by atoms with Crippen molar-refractivity contribution < 1.29 is 0 Å². The van der Waals surface area contributed by atoms with E-state index in [-0.39, 0.29) is 5.54 Å². The monoisotopic (exact) mass is 292 g/mol. The molecule has 0 aromatic carbocycles. The van der Waals surface area contributed by atoms with Crippen LogP contribution in [0.4, 0.5) is 0 Å². The zero-order valence-corrected chi connectivity index (χ0v) is 14.0. The molecule has 1 aliphatic rings. The smallest absolute Gasteiger partial charge is 0.0765 e. The van der Waals surface area contributed by atoms with Gasteiger partial charge >= 0.3 is 0 Å². The average Bonchev–Trinajstić information content (AvgIpc) is 2.96. The molecule has 0 aliphatic heterocycles. The van der Waals surface area contributed by atoms with Crippen LogP contribution in [0.3, 0.4) is 0 Å². The highest BCUT2D eigenvalue weighted by Gasteiger charge is 2.25. The van der Waals surface area contributed by atoms with Crippen molar-refractivity contribution in [2.45, 2.75) is 77.4 Å². The van der Waals surface area contributed by atoms with Gasteiger partial charge in [-0.15, -0.1) is 0 Å². The minimum atomic E-state index is 0.0324. The van der Waals surface area contributed by atoms with Crippen molar-refractivity contribution in [3.05, 3.63) is 18.0 Å². The summed E-state index contributed by atoms with van der Waals surface area (Å²) in [6.07, 6.45) is 9.98. The molecule has 4 nitrogen and oxygen atoms in total. The van der Waals surface area contributed by atoms with Gasteiger partial charge in [-0.2, -0.15) is 5.10 Å². The van der Waals surface area contributed by atoms with E-state index in [1.54, 1.807) is 0 Å². The van der Waals surface area contributed by atoms with E-state index >= 15 is 0 Å². The molecule has 0 bridgehead atoms. The van der Waals surface area contributed by atoms with Gasteiger partial charge in [0.15, 0.2) is 0 Å². The quantitative estimate of drug-likeness (QED) is 0.838. The van der Waals surface area contributed by atoms with Crippen LogP contribution < -0.4 is 5.73 Å². The molecule has 0 atom stereocenters. The molecule has 2 N–H and O–H groups in total. The Morgan fingerprint density at radius 1 is 1.33 bits per heavy atom. The first kappa shape index (κ1) is 16.5. The van der Waals surface area contributed by atoms with Gasteiger partial charge < -0.3 is 5.73 Å². The van der Waals surface area contributed by atoms with Crippen molar-refractivity contribution in [3.63, 3.8) is 0 Å². The number of nitrogens with two attached hydrogens (primary N) is 1. The van der Waals surface area contributed by atoms with Gasteiger partial charge in [0.1, 0.15) is 0 Å². The topological polar surface area (TPSA) is 47.1 Å². The van der Waals surface area contributed by atoms with Gasteiger partial charge in [-0.1, -0.05) is 26.2 Å². The van der Waals surface area contributed by atoms with Crippen molar-refractivity contribution in [1.82, 2.24) is 14.7 Å². The molecule has 21 heavy (non-hydrogen) atoms. The van der Waals surface area contributed by atoms with Crippen LogP contribution in [0.2, 0.25) is 0 Å². The fourth-order valence-corrected chi connectivity index (χ4v) is 3.20.